The van der Waals surface area contributed by atoms with Crippen molar-refractivity contribution in [3.05, 3.63) is 35.4 Å². The summed E-state index contributed by atoms with van der Waals surface area (Å²) in [6.07, 6.45) is 5.72. The largest absolute Gasteiger partial charge is 0.385 e. The van der Waals surface area contributed by atoms with Crippen LogP contribution in [0.2, 0.25) is 0 Å². The van der Waals surface area contributed by atoms with Crippen molar-refractivity contribution in [1.82, 2.24) is 5.32 Å². The quantitative estimate of drug-likeness (QED) is 0.819. The van der Waals surface area contributed by atoms with Crippen molar-refractivity contribution in [1.29, 1.82) is 0 Å². The van der Waals surface area contributed by atoms with E-state index in [0.29, 0.717) is 0 Å². The van der Waals surface area contributed by atoms with Gasteiger partial charge in [0.15, 0.2) is 0 Å². The van der Waals surface area contributed by atoms with E-state index in [1.54, 1.807) is 0 Å². The average molecular weight is 231 g/mol. The number of hydrogen-bond donors (Lipinski definition) is 2. The lowest BCUT2D eigenvalue weighted by atomic mass is 9.78. The van der Waals surface area contributed by atoms with E-state index in [0.717, 1.165) is 37.4 Å². The van der Waals surface area contributed by atoms with Crippen molar-refractivity contribution in [2.24, 2.45) is 0 Å². The number of rotatable bonds is 2. The fourth-order valence-corrected chi connectivity index (χ4v) is 2.94. The molecule has 1 heterocycles. The number of benzene rings is 1. The molecular weight excluding hydrogens is 210 g/mol. The Hall–Kier alpha value is -0.860. The summed E-state index contributed by atoms with van der Waals surface area (Å²) in [5, 5.41) is 13.9. The van der Waals surface area contributed by atoms with Crippen LogP contribution in [0, 0.1) is 0 Å². The third kappa shape index (κ3) is 2.12. The fourth-order valence-electron chi connectivity index (χ4n) is 2.94. The second kappa shape index (κ2) is 4.43. The highest BCUT2D eigenvalue weighted by molar-refractivity contribution is 5.30. The predicted molar refractivity (Wildman–Crippen MR) is 69.0 cm³/mol. The molecule has 17 heavy (non-hydrogen) atoms. The van der Waals surface area contributed by atoms with Crippen LogP contribution < -0.4 is 5.32 Å². The summed E-state index contributed by atoms with van der Waals surface area (Å²) in [6, 6.07) is 8.72. The van der Waals surface area contributed by atoms with Gasteiger partial charge in [-0.2, -0.15) is 0 Å². The highest BCUT2D eigenvalue weighted by Gasteiger charge is 2.31. The molecular formula is C15H21NO. The minimum atomic E-state index is -0.594. The van der Waals surface area contributed by atoms with E-state index in [4.69, 9.17) is 0 Å². The summed E-state index contributed by atoms with van der Waals surface area (Å²) in [6.45, 7) is 1.84. The Morgan fingerprint density at radius 2 is 1.71 bits per heavy atom. The molecule has 0 spiro atoms. The van der Waals surface area contributed by atoms with Crippen LogP contribution in [-0.4, -0.2) is 18.2 Å². The van der Waals surface area contributed by atoms with Crippen molar-refractivity contribution in [3.8, 4) is 0 Å². The summed E-state index contributed by atoms with van der Waals surface area (Å²) >= 11 is 0. The maximum Gasteiger partial charge on any atom is 0.0920 e. The van der Waals surface area contributed by atoms with Crippen LogP contribution >= 0.6 is 0 Å². The van der Waals surface area contributed by atoms with Crippen LogP contribution in [0.15, 0.2) is 24.3 Å². The lowest BCUT2D eigenvalue weighted by Crippen LogP contribution is -2.39. The Bertz CT molecular complexity index is 374. The van der Waals surface area contributed by atoms with E-state index < -0.39 is 5.60 Å². The molecule has 2 N–H and O–H groups in total. The molecule has 3 rings (SSSR count). The van der Waals surface area contributed by atoms with Crippen LogP contribution in [0.4, 0.5) is 0 Å². The van der Waals surface area contributed by atoms with Gasteiger partial charge in [0.25, 0.3) is 0 Å². The monoisotopic (exact) mass is 231 g/mol. The van der Waals surface area contributed by atoms with Crippen LogP contribution in [0.5, 0.6) is 0 Å². The maximum atomic E-state index is 10.6. The standard InChI is InChI=1S/C15H21NO/c17-15(8-10-16-11-9-15)14-6-4-13(5-7-14)12-2-1-3-12/h4-7,12,16-17H,1-3,8-11H2. The Balaban J connectivity index is 1.78. The summed E-state index contributed by atoms with van der Waals surface area (Å²) < 4.78 is 0. The number of piperidine rings is 1. The molecule has 2 fully saturated rings. The van der Waals surface area contributed by atoms with Crippen LogP contribution in [0.1, 0.15) is 49.1 Å². The highest BCUT2D eigenvalue weighted by Crippen LogP contribution is 2.37. The van der Waals surface area contributed by atoms with Crippen molar-refractivity contribution in [2.45, 2.75) is 43.6 Å². The normalized spacial score (nSPS) is 24.3. The molecule has 1 aliphatic carbocycles. The topological polar surface area (TPSA) is 32.3 Å². The Kier molecular flexibility index (Phi) is 2.93. The Labute approximate surface area is 103 Å². The first kappa shape index (κ1) is 11.2. The summed E-state index contributed by atoms with van der Waals surface area (Å²) in [4.78, 5) is 0. The number of nitrogens with one attached hydrogen (secondary N) is 1. The van der Waals surface area contributed by atoms with E-state index in [2.05, 4.69) is 29.6 Å². The molecule has 0 bridgehead atoms. The van der Waals surface area contributed by atoms with E-state index in [9.17, 15) is 5.11 Å². The zero-order valence-corrected chi connectivity index (χ0v) is 10.3. The van der Waals surface area contributed by atoms with Crippen molar-refractivity contribution < 1.29 is 5.11 Å². The van der Waals surface area contributed by atoms with Gasteiger partial charge in [0.2, 0.25) is 0 Å². The third-order valence-corrected chi connectivity index (χ3v) is 4.46. The smallest absolute Gasteiger partial charge is 0.0920 e. The molecule has 1 aromatic rings. The van der Waals surface area contributed by atoms with Gasteiger partial charge in [-0.15, -0.1) is 0 Å². The fraction of sp³-hybridized carbons (Fsp3) is 0.600. The maximum absolute atomic E-state index is 10.6. The molecule has 92 valence electrons. The average Bonchev–Trinajstić information content (AvgIpc) is 2.28. The molecule has 1 saturated carbocycles. The van der Waals surface area contributed by atoms with Gasteiger partial charge in [0.1, 0.15) is 0 Å². The number of aliphatic hydroxyl groups is 1. The molecule has 2 heteroatoms. The molecule has 0 atom stereocenters. The molecule has 2 nitrogen and oxygen atoms in total. The van der Waals surface area contributed by atoms with Crippen LogP contribution in [0.3, 0.4) is 0 Å². The van der Waals surface area contributed by atoms with Gasteiger partial charge in [-0.05, 0) is 55.8 Å². The van der Waals surface area contributed by atoms with Gasteiger partial charge >= 0.3 is 0 Å². The first-order chi connectivity index (χ1) is 8.28. The van der Waals surface area contributed by atoms with Gasteiger partial charge in [-0.1, -0.05) is 30.7 Å². The van der Waals surface area contributed by atoms with Crippen LogP contribution in [0.25, 0.3) is 0 Å². The molecule has 1 saturated heterocycles. The molecule has 0 unspecified atom stereocenters. The second-order valence-electron chi connectivity index (χ2n) is 5.53. The predicted octanol–water partition coefficient (Wildman–Crippen LogP) is 2.53. The minimum absolute atomic E-state index is 0.594. The lowest BCUT2D eigenvalue weighted by molar-refractivity contribution is 0.00592. The first-order valence-corrected chi connectivity index (χ1v) is 6.81. The zero-order valence-electron chi connectivity index (χ0n) is 10.3. The summed E-state index contributed by atoms with van der Waals surface area (Å²) in [5.74, 6) is 0.784. The molecule has 2 aliphatic rings. The second-order valence-corrected chi connectivity index (χ2v) is 5.53. The van der Waals surface area contributed by atoms with Crippen molar-refractivity contribution >= 4 is 0 Å². The number of hydrogen-bond acceptors (Lipinski definition) is 2. The highest BCUT2D eigenvalue weighted by atomic mass is 16.3. The zero-order chi connectivity index (χ0) is 11.7. The van der Waals surface area contributed by atoms with Gasteiger partial charge in [0.05, 0.1) is 5.60 Å². The van der Waals surface area contributed by atoms with E-state index in [1.165, 1.54) is 24.8 Å². The Morgan fingerprint density at radius 3 is 2.24 bits per heavy atom. The Morgan fingerprint density at radius 1 is 1.06 bits per heavy atom. The van der Waals surface area contributed by atoms with E-state index in [1.807, 2.05) is 0 Å². The van der Waals surface area contributed by atoms with E-state index >= 15 is 0 Å². The van der Waals surface area contributed by atoms with Crippen LogP contribution in [-0.2, 0) is 5.60 Å². The minimum Gasteiger partial charge on any atom is -0.385 e. The summed E-state index contributed by atoms with van der Waals surface area (Å²) in [5.41, 5.74) is 1.96. The van der Waals surface area contributed by atoms with Crippen molar-refractivity contribution in [2.75, 3.05) is 13.1 Å². The van der Waals surface area contributed by atoms with Crippen molar-refractivity contribution in [3.63, 3.8) is 0 Å². The molecule has 0 amide bonds. The SMILES string of the molecule is OC1(c2ccc(C3CCC3)cc2)CCNCC1. The molecule has 0 radical (unpaired) electrons. The van der Waals surface area contributed by atoms with Gasteiger partial charge < -0.3 is 10.4 Å². The van der Waals surface area contributed by atoms with Gasteiger partial charge in [0, 0.05) is 0 Å². The third-order valence-electron chi connectivity index (χ3n) is 4.46. The van der Waals surface area contributed by atoms with Gasteiger partial charge in [-0.25, -0.2) is 0 Å². The molecule has 1 aromatic carbocycles. The molecule has 0 aromatic heterocycles. The summed E-state index contributed by atoms with van der Waals surface area (Å²) in [7, 11) is 0. The van der Waals surface area contributed by atoms with E-state index in [-0.39, 0.29) is 0 Å². The molecule has 1 aliphatic heterocycles. The lowest BCUT2D eigenvalue weighted by Gasteiger charge is -2.33. The first-order valence-electron chi connectivity index (χ1n) is 6.81. The van der Waals surface area contributed by atoms with Gasteiger partial charge in [-0.3, -0.25) is 0 Å².